The van der Waals surface area contributed by atoms with Gasteiger partial charge >= 0.3 is 0 Å². The third kappa shape index (κ3) is 2.97. The van der Waals surface area contributed by atoms with Crippen LogP contribution in [0.25, 0.3) is 54.6 Å². The van der Waals surface area contributed by atoms with E-state index in [2.05, 4.69) is 15.9 Å². The SMILES string of the molecule is [2H]c1c([2H])c([2H])c2c(-c3cccc4ccccc34)c3c([2H])c(-c4ccccc4)c([2H])c([2H])c3c(Br)c2c1[2H]. The molecule has 0 saturated carbocycles. The monoisotopic (exact) mass is 465 g/mol. The van der Waals surface area contributed by atoms with E-state index in [1.807, 2.05) is 60.7 Å². The molecule has 0 aromatic heterocycles. The predicted molar refractivity (Wildman–Crippen MR) is 138 cm³/mol. The van der Waals surface area contributed by atoms with Crippen molar-refractivity contribution in [2.75, 3.05) is 0 Å². The molecule has 0 fully saturated rings. The fourth-order valence-corrected chi connectivity index (χ4v) is 4.73. The van der Waals surface area contributed by atoms with E-state index in [0.717, 1.165) is 10.8 Å². The van der Waals surface area contributed by atoms with E-state index in [1.54, 1.807) is 12.1 Å². The van der Waals surface area contributed by atoms with Gasteiger partial charge in [0.1, 0.15) is 0 Å². The summed E-state index contributed by atoms with van der Waals surface area (Å²) in [6.07, 6.45) is 0. The Bertz CT molecular complexity index is 1940. The van der Waals surface area contributed by atoms with Crippen LogP contribution in [0.5, 0.6) is 0 Å². The van der Waals surface area contributed by atoms with Gasteiger partial charge in [0, 0.05) is 4.47 Å². The molecular formula is C30H19Br. The van der Waals surface area contributed by atoms with Crippen molar-refractivity contribution in [2.45, 2.75) is 0 Å². The van der Waals surface area contributed by atoms with Gasteiger partial charge in [0.15, 0.2) is 0 Å². The van der Waals surface area contributed by atoms with Crippen molar-refractivity contribution < 1.29 is 9.60 Å². The highest BCUT2D eigenvalue weighted by Gasteiger charge is 2.16. The smallest absolute Gasteiger partial charge is 0.0622 e. The van der Waals surface area contributed by atoms with Crippen molar-refractivity contribution in [3.05, 3.63) is 120 Å². The van der Waals surface area contributed by atoms with Gasteiger partial charge in [-0.15, -0.1) is 0 Å². The molecule has 1 heteroatoms. The molecule has 31 heavy (non-hydrogen) atoms. The zero-order valence-electron chi connectivity index (χ0n) is 23.3. The van der Waals surface area contributed by atoms with Crippen molar-refractivity contribution in [2.24, 2.45) is 0 Å². The maximum Gasteiger partial charge on any atom is 0.0636 e. The molecule has 0 heterocycles. The van der Waals surface area contributed by atoms with Gasteiger partial charge in [-0.2, -0.15) is 0 Å². The molecular weight excluding hydrogens is 440 g/mol. The van der Waals surface area contributed by atoms with Crippen LogP contribution >= 0.6 is 15.9 Å². The molecule has 0 saturated heterocycles. The Balaban J connectivity index is 1.99. The van der Waals surface area contributed by atoms with E-state index in [0.29, 0.717) is 27.6 Å². The first-order valence-corrected chi connectivity index (χ1v) is 10.7. The van der Waals surface area contributed by atoms with E-state index < -0.39 is 0 Å². The summed E-state index contributed by atoms with van der Waals surface area (Å²) >= 11 is 3.55. The summed E-state index contributed by atoms with van der Waals surface area (Å²) in [6, 6.07) is 21.2. The van der Waals surface area contributed by atoms with Gasteiger partial charge in [-0.25, -0.2) is 0 Å². The first kappa shape index (κ1) is 12.4. The zero-order chi connectivity index (χ0) is 26.9. The second-order valence-corrected chi connectivity index (χ2v) is 8.12. The minimum atomic E-state index is -0.379. The molecule has 146 valence electrons. The average Bonchev–Trinajstić information content (AvgIpc) is 2.93. The number of rotatable bonds is 2. The Hall–Kier alpha value is -3.42. The Labute approximate surface area is 199 Å². The first-order valence-electron chi connectivity index (χ1n) is 13.4. The molecule has 6 rings (SSSR count). The van der Waals surface area contributed by atoms with Crippen LogP contribution in [-0.2, 0) is 0 Å². The molecule has 0 N–H and O–H groups in total. The number of halogens is 1. The average molecular weight is 466 g/mol. The fourth-order valence-electron chi connectivity index (χ4n) is 4.13. The van der Waals surface area contributed by atoms with Crippen LogP contribution in [-0.4, -0.2) is 0 Å². The quantitative estimate of drug-likeness (QED) is 0.223. The summed E-state index contributed by atoms with van der Waals surface area (Å²) in [5, 5.41) is 2.94. The lowest BCUT2D eigenvalue weighted by Crippen LogP contribution is -1.90. The second kappa shape index (κ2) is 7.37. The highest BCUT2D eigenvalue weighted by molar-refractivity contribution is 9.10. The molecule has 6 aromatic rings. The third-order valence-electron chi connectivity index (χ3n) is 5.56. The van der Waals surface area contributed by atoms with Crippen LogP contribution < -0.4 is 0 Å². The number of hydrogen-bond donors (Lipinski definition) is 0. The molecule has 0 nitrogen and oxygen atoms in total. The van der Waals surface area contributed by atoms with Crippen molar-refractivity contribution >= 4 is 48.2 Å². The summed E-state index contributed by atoms with van der Waals surface area (Å²) in [6.45, 7) is 0. The normalized spacial score (nSPS) is 14.5. The number of benzene rings is 6. The number of hydrogen-bond acceptors (Lipinski definition) is 0. The van der Waals surface area contributed by atoms with Gasteiger partial charge in [-0.3, -0.25) is 0 Å². The molecule has 0 bridgehead atoms. The fraction of sp³-hybridized carbons (Fsp3) is 0. The second-order valence-electron chi connectivity index (χ2n) is 7.33. The Morgan fingerprint density at radius 1 is 0.548 bits per heavy atom. The summed E-state index contributed by atoms with van der Waals surface area (Å²) in [7, 11) is 0. The summed E-state index contributed by atoms with van der Waals surface area (Å²) in [5.41, 5.74) is 2.09. The Morgan fingerprint density at radius 2 is 1.26 bits per heavy atom. The van der Waals surface area contributed by atoms with Crippen LogP contribution in [0.15, 0.2) is 120 Å². The maximum atomic E-state index is 9.39. The van der Waals surface area contributed by atoms with Crippen molar-refractivity contribution in [1.82, 2.24) is 0 Å². The minimum absolute atomic E-state index is 0.0325. The Morgan fingerprint density at radius 3 is 2.13 bits per heavy atom. The molecule has 0 atom stereocenters. The van der Waals surface area contributed by atoms with Crippen LogP contribution in [0, 0.1) is 0 Å². The van der Waals surface area contributed by atoms with E-state index in [4.69, 9.17) is 8.22 Å². The van der Waals surface area contributed by atoms with Crippen molar-refractivity contribution in [3.8, 4) is 22.3 Å². The largest absolute Gasteiger partial charge is 0.0636 e. The lowest BCUT2D eigenvalue weighted by atomic mass is 9.88. The minimum Gasteiger partial charge on any atom is -0.0622 e. The van der Waals surface area contributed by atoms with Crippen LogP contribution in [0.2, 0.25) is 0 Å². The van der Waals surface area contributed by atoms with Crippen molar-refractivity contribution in [3.63, 3.8) is 0 Å². The molecule has 0 aliphatic carbocycles. The van der Waals surface area contributed by atoms with Gasteiger partial charge in [-0.05, 0) is 76.5 Å². The van der Waals surface area contributed by atoms with E-state index in [9.17, 15) is 1.37 Å². The lowest BCUT2D eigenvalue weighted by Gasteiger charge is -2.17. The van der Waals surface area contributed by atoms with Crippen LogP contribution in [0.1, 0.15) is 9.60 Å². The standard InChI is InChI=1S/C30H19Br/c31-30-26-15-7-6-14-25(26)29(24-16-8-12-21-11-4-5-13-23(21)24)28-19-22(17-18-27(28)30)20-9-2-1-3-10-20/h1-19H/i6D,7D,14D,15D,17D,18D,19D. The summed E-state index contributed by atoms with van der Waals surface area (Å²) in [5.74, 6) is 0. The first-order chi connectivity index (χ1) is 18.2. The Kier molecular flexibility index (Phi) is 2.96. The summed E-state index contributed by atoms with van der Waals surface area (Å²) in [4.78, 5) is 0. The summed E-state index contributed by atoms with van der Waals surface area (Å²) < 4.78 is 62.0. The van der Waals surface area contributed by atoms with Gasteiger partial charge in [0.2, 0.25) is 0 Å². The molecule has 0 aliphatic heterocycles. The highest BCUT2D eigenvalue weighted by Crippen LogP contribution is 2.44. The van der Waals surface area contributed by atoms with Crippen LogP contribution in [0.4, 0.5) is 0 Å². The van der Waals surface area contributed by atoms with E-state index in [1.165, 1.54) is 0 Å². The molecule has 6 aromatic carbocycles. The topological polar surface area (TPSA) is 0 Å². The maximum absolute atomic E-state index is 9.39. The van der Waals surface area contributed by atoms with Crippen molar-refractivity contribution in [1.29, 1.82) is 0 Å². The van der Waals surface area contributed by atoms with E-state index in [-0.39, 0.29) is 62.9 Å². The predicted octanol–water partition coefficient (Wildman–Crippen LogP) is 9.24. The third-order valence-corrected chi connectivity index (χ3v) is 6.35. The highest BCUT2D eigenvalue weighted by atomic mass is 79.9. The van der Waals surface area contributed by atoms with Gasteiger partial charge in [-0.1, -0.05) is 109 Å². The molecule has 0 unspecified atom stereocenters. The van der Waals surface area contributed by atoms with E-state index >= 15 is 0 Å². The molecule has 0 aliphatic rings. The molecule has 0 radical (unpaired) electrons. The van der Waals surface area contributed by atoms with Gasteiger partial charge < -0.3 is 0 Å². The molecule has 0 spiro atoms. The van der Waals surface area contributed by atoms with Crippen LogP contribution in [0.3, 0.4) is 0 Å². The molecule has 0 amide bonds. The lowest BCUT2D eigenvalue weighted by molar-refractivity contribution is 1.64. The van der Waals surface area contributed by atoms with Gasteiger partial charge in [0.05, 0.1) is 9.60 Å². The number of fused-ring (bicyclic) bond motifs is 3. The zero-order valence-corrected chi connectivity index (χ0v) is 17.9. The van der Waals surface area contributed by atoms with Gasteiger partial charge in [0.25, 0.3) is 0 Å².